The molecule has 1 aromatic heterocycles. The molecule has 1 aliphatic heterocycles. The van der Waals surface area contributed by atoms with Gasteiger partial charge in [0, 0.05) is 19.6 Å². The Bertz CT molecular complexity index is 856. The molecule has 0 spiro atoms. The Hall–Kier alpha value is -2.26. The van der Waals surface area contributed by atoms with E-state index in [2.05, 4.69) is 10.2 Å². The molecule has 0 saturated carbocycles. The average Bonchev–Trinajstić information content (AvgIpc) is 3.08. The number of aromatic carboxylic acids is 1. The van der Waals surface area contributed by atoms with Gasteiger partial charge in [-0.05, 0) is 49.4 Å². The summed E-state index contributed by atoms with van der Waals surface area (Å²) in [6.07, 6.45) is 4.86. The van der Waals surface area contributed by atoms with Gasteiger partial charge in [0.25, 0.3) is 0 Å². The van der Waals surface area contributed by atoms with E-state index < -0.39 is 16.0 Å². The molecule has 1 N–H and O–H groups in total. The molecule has 1 saturated heterocycles. The number of aryl methyl sites for hydroxylation is 1. The number of piperidine rings is 1. The first kappa shape index (κ1) is 17.6. The largest absolute Gasteiger partial charge is 0.478 e. The fraction of sp³-hybridized carbons (Fsp3) is 0.438. The summed E-state index contributed by atoms with van der Waals surface area (Å²) in [6, 6.07) is 4.15. The van der Waals surface area contributed by atoms with E-state index in [4.69, 9.17) is 5.11 Å². The second-order valence-corrected chi connectivity index (χ2v) is 8.23. The third-order valence-electron chi connectivity index (χ3n) is 4.58. The lowest BCUT2D eigenvalue weighted by Crippen LogP contribution is -2.39. The van der Waals surface area contributed by atoms with Gasteiger partial charge in [-0.15, -0.1) is 10.2 Å². The molecule has 1 aliphatic rings. The Morgan fingerprint density at radius 2 is 1.88 bits per heavy atom. The first-order valence-electron chi connectivity index (χ1n) is 8.04. The summed E-state index contributed by atoms with van der Waals surface area (Å²) >= 11 is 0. The molecule has 1 fully saturated rings. The first-order valence-corrected chi connectivity index (χ1v) is 9.48. The van der Waals surface area contributed by atoms with Gasteiger partial charge in [0.1, 0.15) is 12.7 Å². The molecule has 1 aromatic carbocycles. The van der Waals surface area contributed by atoms with Crippen LogP contribution in [0.15, 0.2) is 35.7 Å². The lowest BCUT2D eigenvalue weighted by Gasteiger charge is -2.31. The fourth-order valence-electron chi connectivity index (χ4n) is 3.13. The van der Waals surface area contributed by atoms with Crippen molar-refractivity contribution in [3.05, 3.63) is 42.0 Å². The summed E-state index contributed by atoms with van der Waals surface area (Å²) in [5.41, 5.74) is 0.558. The van der Waals surface area contributed by atoms with Crippen LogP contribution in [0.3, 0.4) is 0 Å². The number of hydrogen-bond donors (Lipinski definition) is 1. The number of carboxylic acids is 1. The second kappa shape index (κ2) is 6.93. The van der Waals surface area contributed by atoms with Gasteiger partial charge in [-0.2, -0.15) is 4.31 Å². The molecule has 25 heavy (non-hydrogen) atoms. The predicted octanol–water partition coefficient (Wildman–Crippen LogP) is 1.39. The van der Waals surface area contributed by atoms with Crippen molar-refractivity contribution in [2.24, 2.45) is 5.92 Å². The smallest absolute Gasteiger partial charge is 0.335 e. The highest BCUT2D eigenvalue weighted by Crippen LogP contribution is 2.26. The van der Waals surface area contributed by atoms with Crippen LogP contribution in [0.1, 0.15) is 28.8 Å². The molecule has 0 bridgehead atoms. The molecular weight excluding hydrogens is 344 g/mol. The highest BCUT2D eigenvalue weighted by Gasteiger charge is 2.30. The number of aromatic nitrogens is 3. The average molecular weight is 364 g/mol. The molecule has 0 aliphatic carbocycles. The molecule has 2 heterocycles. The monoisotopic (exact) mass is 364 g/mol. The minimum absolute atomic E-state index is 0.117. The Morgan fingerprint density at radius 1 is 1.24 bits per heavy atom. The summed E-state index contributed by atoms with van der Waals surface area (Å²) in [6.45, 7) is 3.30. The van der Waals surface area contributed by atoms with Crippen molar-refractivity contribution in [1.82, 2.24) is 19.1 Å². The van der Waals surface area contributed by atoms with Crippen molar-refractivity contribution in [3.63, 3.8) is 0 Å². The van der Waals surface area contributed by atoms with E-state index in [1.165, 1.54) is 22.5 Å². The highest BCUT2D eigenvalue weighted by molar-refractivity contribution is 7.89. The standard InChI is InChI=1S/C16H20N4O4S/c1-12-8-14(2-3-15(12)16(21)22)25(23,24)20-6-4-13(5-7-20)9-19-10-17-18-11-19/h2-3,8,10-11,13H,4-7,9H2,1H3,(H,21,22). The quantitative estimate of drug-likeness (QED) is 0.859. The first-order chi connectivity index (χ1) is 11.9. The van der Waals surface area contributed by atoms with E-state index in [0.717, 1.165) is 19.4 Å². The molecule has 134 valence electrons. The second-order valence-electron chi connectivity index (χ2n) is 6.29. The number of hydrogen-bond acceptors (Lipinski definition) is 5. The summed E-state index contributed by atoms with van der Waals surface area (Å²) in [5, 5.41) is 16.6. The highest BCUT2D eigenvalue weighted by atomic mass is 32.2. The van der Waals surface area contributed by atoms with Crippen LogP contribution < -0.4 is 0 Å². The van der Waals surface area contributed by atoms with Crippen LogP contribution in [0.4, 0.5) is 0 Å². The van der Waals surface area contributed by atoms with E-state index >= 15 is 0 Å². The van der Waals surface area contributed by atoms with Gasteiger partial charge < -0.3 is 9.67 Å². The van der Waals surface area contributed by atoms with Gasteiger partial charge in [0.05, 0.1) is 10.5 Å². The number of carbonyl (C=O) groups is 1. The van der Waals surface area contributed by atoms with E-state index in [1.54, 1.807) is 19.6 Å². The van der Waals surface area contributed by atoms with Gasteiger partial charge in [-0.25, -0.2) is 13.2 Å². The predicted molar refractivity (Wildman–Crippen MR) is 89.6 cm³/mol. The minimum atomic E-state index is -3.60. The van der Waals surface area contributed by atoms with Gasteiger partial charge in [0.15, 0.2) is 0 Å². The van der Waals surface area contributed by atoms with Gasteiger partial charge in [-0.1, -0.05) is 0 Å². The zero-order valence-electron chi connectivity index (χ0n) is 13.9. The maximum Gasteiger partial charge on any atom is 0.335 e. The maximum absolute atomic E-state index is 12.8. The van der Waals surface area contributed by atoms with Gasteiger partial charge in [-0.3, -0.25) is 0 Å². The van der Waals surface area contributed by atoms with Crippen LogP contribution in [0, 0.1) is 12.8 Å². The lowest BCUT2D eigenvalue weighted by molar-refractivity contribution is 0.0696. The summed E-state index contributed by atoms with van der Waals surface area (Å²) in [5.74, 6) is -0.671. The molecule has 9 heteroatoms. The number of carboxylic acid groups (broad SMARTS) is 1. The molecule has 3 rings (SSSR count). The molecule has 0 amide bonds. The molecule has 0 unspecified atom stereocenters. The Morgan fingerprint density at radius 3 is 2.44 bits per heavy atom. The van der Waals surface area contributed by atoms with Crippen molar-refractivity contribution in [3.8, 4) is 0 Å². The Kier molecular flexibility index (Phi) is 4.87. The van der Waals surface area contributed by atoms with E-state index in [-0.39, 0.29) is 10.5 Å². The van der Waals surface area contributed by atoms with Crippen LogP contribution in [-0.2, 0) is 16.6 Å². The van der Waals surface area contributed by atoms with Crippen molar-refractivity contribution in [2.75, 3.05) is 13.1 Å². The summed E-state index contributed by atoms with van der Waals surface area (Å²) in [7, 11) is -3.60. The fourth-order valence-corrected chi connectivity index (χ4v) is 4.69. The van der Waals surface area contributed by atoms with Crippen LogP contribution in [0.25, 0.3) is 0 Å². The van der Waals surface area contributed by atoms with Crippen LogP contribution in [-0.4, -0.2) is 51.7 Å². The summed E-state index contributed by atoms with van der Waals surface area (Å²) in [4.78, 5) is 11.2. The molecule has 0 atom stereocenters. The van der Waals surface area contributed by atoms with Crippen molar-refractivity contribution >= 4 is 16.0 Å². The topological polar surface area (TPSA) is 105 Å². The molecule has 8 nitrogen and oxygen atoms in total. The zero-order chi connectivity index (χ0) is 18.0. The molecule has 2 aromatic rings. The lowest BCUT2D eigenvalue weighted by atomic mass is 9.98. The van der Waals surface area contributed by atoms with E-state index in [1.807, 2.05) is 4.57 Å². The van der Waals surface area contributed by atoms with Crippen molar-refractivity contribution in [2.45, 2.75) is 31.2 Å². The Balaban J connectivity index is 1.69. The maximum atomic E-state index is 12.8. The SMILES string of the molecule is Cc1cc(S(=O)(=O)N2CCC(Cn3cnnc3)CC2)ccc1C(=O)O. The third-order valence-corrected chi connectivity index (χ3v) is 6.47. The number of rotatable bonds is 5. The number of benzene rings is 1. The molecular formula is C16H20N4O4S. The normalized spacial score (nSPS) is 16.8. The van der Waals surface area contributed by atoms with Crippen LogP contribution >= 0.6 is 0 Å². The molecule has 0 radical (unpaired) electrons. The zero-order valence-corrected chi connectivity index (χ0v) is 14.7. The van der Waals surface area contributed by atoms with Crippen LogP contribution in [0.2, 0.25) is 0 Å². The van der Waals surface area contributed by atoms with Crippen molar-refractivity contribution in [1.29, 1.82) is 0 Å². The van der Waals surface area contributed by atoms with Crippen molar-refractivity contribution < 1.29 is 18.3 Å². The number of sulfonamides is 1. The minimum Gasteiger partial charge on any atom is -0.478 e. The third kappa shape index (κ3) is 3.72. The Labute approximate surface area is 146 Å². The summed E-state index contributed by atoms with van der Waals surface area (Å²) < 4.78 is 29.0. The van der Waals surface area contributed by atoms with Gasteiger partial charge >= 0.3 is 5.97 Å². The van der Waals surface area contributed by atoms with Gasteiger partial charge in [0.2, 0.25) is 10.0 Å². The van der Waals surface area contributed by atoms with Crippen LogP contribution in [0.5, 0.6) is 0 Å². The number of nitrogens with zero attached hydrogens (tertiary/aromatic N) is 4. The van der Waals surface area contributed by atoms with E-state index in [0.29, 0.717) is 24.6 Å². The van der Waals surface area contributed by atoms with E-state index in [9.17, 15) is 13.2 Å².